The fourth-order valence-corrected chi connectivity index (χ4v) is 3.46. The highest BCUT2D eigenvalue weighted by Crippen LogP contribution is 2.27. The molecule has 1 aliphatic rings. The molecule has 1 heterocycles. The molecule has 112 valence electrons. The van der Waals surface area contributed by atoms with E-state index in [0.717, 1.165) is 6.54 Å². The molecule has 0 bridgehead atoms. The maximum absolute atomic E-state index is 3.63. The largest absolute Gasteiger partial charge is 0.313 e. The van der Waals surface area contributed by atoms with E-state index in [0.29, 0.717) is 18.1 Å². The van der Waals surface area contributed by atoms with Crippen LogP contribution in [-0.2, 0) is 0 Å². The minimum atomic E-state index is 0.484. The second kappa shape index (κ2) is 6.73. The molecule has 0 radical (unpaired) electrons. The first kappa shape index (κ1) is 15.5. The molecule has 0 aliphatic carbocycles. The van der Waals surface area contributed by atoms with Gasteiger partial charge in [-0.25, -0.2) is 0 Å². The van der Waals surface area contributed by atoms with Crippen molar-refractivity contribution in [1.29, 1.82) is 0 Å². The van der Waals surface area contributed by atoms with Gasteiger partial charge >= 0.3 is 0 Å². The zero-order valence-corrected chi connectivity index (χ0v) is 13.7. The van der Waals surface area contributed by atoms with E-state index in [2.05, 4.69) is 63.0 Å². The third-order valence-electron chi connectivity index (χ3n) is 4.63. The van der Waals surface area contributed by atoms with Crippen molar-refractivity contribution < 1.29 is 0 Å². The Balaban J connectivity index is 2.14. The first-order valence-corrected chi connectivity index (χ1v) is 8.05. The quantitative estimate of drug-likeness (QED) is 0.878. The molecule has 1 aromatic rings. The SMILES string of the molecule is Cc1ccc(C(C)N(CC2CCCN2)C(C)C)c(C)c1. The molecule has 1 fully saturated rings. The molecule has 1 saturated heterocycles. The molecular formula is C18H30N2. The average molecular weight is 274 g/mol. The van der Waals surface area contributed by atoms with Crippen LogP contribution in [0.3, 0.4) is 0 Å². The van der Waals surface area contributed by atoms with E-state index in [-0.39, 0.29) is 0 Å². The number of nitrogens with one attached hydrogen (secondary N) is 1. The van der Waals surface area contributed by atoms with E-state index in [9.17, 15) is 0 Å². The Bertz CT molecular complexity index is 433. The van der Waals surface area contributed by atoms with Gasteiger partial charge in [-0.05, 0) is 65.1 Å². The van der Waals surface area contributed by atoms with Crippen LogP contribution in [-0.4, -0.2) is 30.1 Å². The first-order valence-electron chi connectivity index (χ1n) is 8.05. The highest BCUT2D eigenvalue weighted by atomic mass is 15.2. The van der Waals surface area contributed by atoms with Crippen LogP contribution in [0.5, 0.6) is 0 Å². The first-order chi connectivity index (χ1) is 9.49. The normalized spacial score (nSPS) is 20.9. The fourth-order valence-electron chi connectivity index (χ4n) is 3.46. The summed E-state index contributed by atoms with van der Waals surface area (Å²) in [7, 11) is 0. The standard InChI is InChI=1S/C18H30N2/c1-13(2)20(12-17-7-6-10-19-17)16(5)18-9-8-14(3)11-15(18)4/h8-9,11,13,16-17,19H,6-7,10,12H2,1-5H3. The van der Waals surface area contributed by atoms with Crippen molar-refractivity contribution in [3.05, 3.63) is 34.9 Å². The molecule has 0 aromatic heterocycles. The Labute approximate surface area is 124 Å². The second-order valence-electron chi connectivity index (χ2n) is 6.62. The Morgan fingerprint density at radius 1 is 1.25 bits per heavy atom. The summed E-state index contributed by atoms with van der Waals surface area (Å²) >= 11 is 0. The lowest BCUT2D eigenvalue weighted by Gasteiger charge is -2.35. The van der Waals surface area contributed by atoms with Crippen molar-refractivity contribution in [1.82, 2.24) is 10.2 Å². The molecule has 1 aliphatic heterocycles. The number of nitrogens with zero attached hydrogens (tertiary/aromatic N) is 1. The minimum Gasteiger partial charge on any atom is -0.313 e. The van der Waals surface area contributed by atoms with Crippen molar-refractivity contribution in [2.45, 2.75) is 65.6 Å². The molecule has 0 saturated carbocycles. The van der Waals surface area contributed by atoms with E-state index in [1.54, 1.807) is 0 Å². The maximum Gasteiger partial charge on any atom is 0.0325 e. The summed E-state index contributed by atoms with van der Waals surface area (Å²) in [6.07, 6.45) is 2.65. The molecule has 2 unspecified atom stereocenters. The molecule has 2 rings (SSSR count). The summed E-state index contributed by atoms with van der Waals surface area (Å²) in [4.78, 5) is 2.64. The van der Waals surface area contributed by atoms with E-state index >= 15 is 0 Å². The summed E-state index contributed by atoms with van der Waals surface area (Å²) in [5.41, 5.74) is 4.25. The van der Waals surface area contributed by atoms with E-state index < -0.39 is 0 Å². The van der Waals surface area contributed by atoms with Gasteiger partial charge in [0.1, 0.15) is 0 Å². The van der Waals surface area contributed by atoms with Gasteiger partial charge in [-0.2, -0.15) is 0 Å². The van der Waals surface area contributed by atoms with Crippen molar-refractivity contribution >= 4 is 0 Å². The Morgan fingerprint density at radius 2 is 2.00 bits per heavy atom. The molecule has 0 amide bonds. The van der Waals surface area contributed by atoms with Crippen LogP contribution < -0.4 is 5.32 Å². The Hall–Kier alpha value is -0.860. The fraction of sp³-hybridized carbons (Fsp3) is 0.667. The van der Waals surface area contributed by atoms with Gasteiger partial charge in [0.2, 0.25) is 0 Å². The number of aryl methyl sites for hydroxylation is 2. The van der Waals surface area contributed by atoms with Crippen LogP contribution in [0.2, 0.25) is 0 Å². The van der Waals surface area contributed by atoms with Crippen LogP contribution in [0, 0.1) is 13.8 Å². The lowest BCUT2D eigenvalue weighted by molar-refractivity contribution is 0.149. The summed E-state index contributed by atoms with van der Waals surface area (Å²) in [6.45, 7) is 13.7. The summed E-state index contributed by atoms with van der Waals surface area (Å²) in [5, 5.41) is 3.63. The number of rotatable bonds is 5. The van der Waals surface area contributed by atoms with Gasteiger partial charge < -0.3 is 5.32 Å². The zero-order valence-electron chi connectivity index (χ0n) is 13.7. The third-order valence-corrected chi connectivity index (χ3v) is 4.63. The van der Waals surface area contributed by atoms with Crippen molar-refractivity contribution in [2.75, 3.05) is 13.1 Å². The van der Waals surface area contributed by atoms with Gasteiger partial charge in [0.25, 0.3) is 0 Å². The minimum absolute atomic E-state index is 0.484. The molecule has 2 atom stereocenters. The van der Waals surface area contributed by atoms with Gasteiger partial charge in [0.05, 0.1) is 0 Å². The van der Waals surface area contributed by atoms with E-state index in [1.165, 1.54) is 36.1 Å². The van der Waals surface area contributed by atoms with Crippen LogP contribution in [0.4, 0.5) is 0 Å². The Morgan fingerprint density at radius 3 is 2.55 bits per heavy atom. The number of hydrogen-bond donors (Lipinski definition) is 1. The summed E-state index contributed by atoms with van der Waals surface area (Å²) in [5.74, 6) is 0. The topological polar surface area (TPSA) is 15.3 Å². The van der Waals surface area contributed by atoms with Gasteiger partial charge in [-0.3, -0.25) is 4.90 Å². The van der Waals surface area contributed by atoms with Crippen LogP contribution in [0.1, 0.15) is 56.3 Å². The van der Waals surface area contributed by atoms with Gasteiger partial charge in [-0.1, -0.05) is 23.8 Å². The monoisotopic (exact) mass is 274 g/mol. The predicted octanol–water partition coefficient (Wildman–Crippen LogP) is 3.83. The summed E-state index contributed by atoms with van der Waals surface area (Å²) in [6, 6.07) is 8.59. The highest BCUT2D eigenvalue weighted by molar-refractivity contribution is 5.32. The predicted molar refractivity (Wildman–Crippen MR) is 87.2 cm³/mol. The van der Waals surface area contributed by atoms with Crippen LogP contribution >= 0.6 is 0 Å². The molecule has 2 heteroatoms. The lowest BCUT2D eigenvalue weighted by atomic mass is 9.97. The van der Waals surface area contributed by atoms with Gasteiger partial charge in [-0.15, -0.1) is 0 Å². The Kier molecular flexibility index (Phi) is 5.22. The lowest BCUT2D eigenvalue weighted by Crippen LogP contribution is -2.42. The maximum atomic E-state index is 3.63. The number of benzene rings is 1. The summed E-state index contributed by atoms with van der Waals surface area (Å²) < 4.78 is 0. The van der Waals surface area contributed by atoms with Gasteiger partial charge in [0, 0.05) is 24.7 Å². The zero-order chi connectivity index (χ0) is 14.7. The third kappa shape index (κ3) is 3.62. The molecular weight excluding hydrogens is 244 g/mol. The molecule has 1 N–H and O–H groups in total. The van der Waals surface area contributed by atoms with E-state index in [1.807, 2.05) is 0 Å². The van der Waals surface area contributed by atoms with E-state index in [4.69, 9.17) is 0 Å². The second-order valence-corrected chi connectivity index (χ2v) is 6.62. The van der Waals surface area contributed by atoms with Gasteiger partial charge in [0.15, 0.2) is 0 Å². The molecule has 0 spiro atoms. The van der Waals surface area contributed by atoms with Crippen LogP contribution in [0.25, 0.3) is 0 Å². The van der Waals surface area contributed by atoms with Crippen molar-refractivity contribution in [2.24, 2.45) is 0 Å². The van der Waals surface area contributed by atoms with Crippen LogP contribution in [0.15, 0.2) is 18.2 Å². The molecule has 2 nitrogen and oxygen atoms in total. The highest BCUT2D eigenvalue weighted by Gasteiger charge is 2.24. The number of hydrogen-bond acceptors (Lipinski definition) is 2. The molecule has 1 aromatic carbocycles. The smallest absolute Gasteiger partial charge is 0.0325 e. The molecule has 20 heavy (non-hydrogen) atoms. The van der Waals surface area contributed by atoms with Crippen molar-refractivity contribution in [3.8, 4) is 0 Å². The average Bonchev–Trinajstić information content (AvgIpc) is 2.87. The van der Waals surface area contributed by atoms with Crippen molar-refractivity contribution in [3.63, 3.8) is 0 Å².